The van der Waals surface area contributed by atoms with E-state index >= 15 is 0 Å². The molecular formula is C23H36O3. The van der Waals surface area contributed by atoms with Crippen molar-refractivity contribution < 1.29 is 14.3 Å². The Balaban J connectivity index is 1.41. The Bertz CT molecular complexity index is 594. The first kappa shape index (κ1) is 17.7. The average Bonchev–Trinajstić information content (AvgIpc) is 3.17. The second-order valence-corrected chi connectivity index (χ2v) is 10.9. The smallest absolute Gasteiger partial charge is 0.169 e. The molecule has 5 fully saturated rings. The van der Waals surface area contributed by atoms with E-state index in [1.165, 1.54) is 38.5 Å². The highest BCUT2D eigenvalue weighted by molar-refractivity contribution is 5.80. The SMILES string of the molecule is CC12CCC3C(CC[C@@]4(C)C3CC[C@@H]4C3(C)OCCO3)[C@H]1CCC(=O)C2. The van der Waals surface area contributed by atoms with Crippen molar-refractivity contribution in [3.05, 3.63) is 0 Å². The van der Waals surface area contributed by atoms with Crippen molar-refractivity contribution in [1.82, 2.24) is 0 Å². The minimum Gasteiger partial charge on any atom is -0.348 e. The van der Waals surface area contributed by atoms with E-state index in [9.17, 15) is 4.79 Å². The second-order valence-electron chi connectivity index (χ2n) is 10.9. The number of hydrogen-bond donors (Lipinski definition) is 0. The number of fused-ring (bicyclic) bond motifs is 5. The molecule has 0 radical (unpaired) electrons. The molecule has 1 saturated heterocycles. The number of carbonyl (C=O) groups is 1. The van der Waals surface area contributed by atoms with Gasteiger partial charge in [-0.1, -0.05) is 13.8 Å². The Labute approximate surface area is 158 Å². The third kappa shape index (κ3) is 2.35. The summed E-state index contributed by atoms with van der Waals surface area (Å²) in [5, 5.41) is 0. The molecule has 1 heterocycles. The van der Waals surface area contributed by atoms with Gasteiger partial charge in [0.15, 0.2) is 5.79 Å². The van der Waals surface area contributed by atoms with Gasteiger partial charge in [0.25, 0.3) is 0 Å². The first-order valence-corrected chi connectivity index (χ1v) is 11.2. The van der Waals surface area contributed by atoms with Crippen LogP contribution >= 0.6 is 0 Å². The molecule has 1 aliphatic heterocycles. The molecule has 0 aromatic carbocycles. The molecule has 3 heteroatoms. The second kappa shape index (κ2) is 5.80. The van der Waals surface area contributed by atoms with E-state index in [1.54, 1.807) is 0 Å². The lowest BCUT2D eigenvalue weighted by molar-refractivity contribution is -0.216. The number of hydrogen-bond acceptors (Lipinski definition) is 3. The summed E-state index contributed by atoms with van der Waals surface area (Å²) in [5.41, 5.74) is 0.671. The zero-order valence-electron chi connectivity index (χ0n) is 16.9. The fraction of sp³-hybridized carbons (Fsp3) is 0.957. The van der Waals surface area contributed by atoms with Gasteiger partial charge in [-0.25, -0.2) is 0 Å². The number of ether oxygens (including phenoxy) is 2. The highest BCUT2D eigenvalue weighted by Gasteiger charge is 2.63. The van der Waals surface area contributed by atoms with E-state index in [4.69, 9.17) is 9.47 Å². The van der Waals surface area contributed by atoms with Gasteiger partial charge in [-0.3, -0.25) is 4.79 Å². The van der Waals surface area contributed by atoms with Crippen molar-refractivity contribution in [3.8, 4) is 0 Å². The van der Waals surface area contributed by atoms with Crippen LogP contribution in [-0.2, 0) is 14.3 Å². The summed E-state index contributed by atoms with van der Waals surface area (Å²) in [4.78, 5) is 12.1. The highest BCUT2D eigenvalue weighted by atomic mass is 16.7. The lowest BCUT2D eigenvalue weighted by atomic mass is 9.46. The third-order valence-corrected chi connectivity index (χ3v) is 9.78. The normalized spacial score (nSPS) is 53.0. The Morgan fingerprint density at radius 2 is 1.54 bits per heavy atom. The van der Waals surface area contributed by atoms with E-state index < -0.39 is 0 Å². The van der Waals surface area contributed by atoms with Crippen LogP contribution in [0.3, 0.4) is 0 Å². The maximum Gasteiger partial charge on any atom is 0.169 e. The van der Waals surface area contributed by atoms with Gasteiger partial charge >= 0.3 is 0 Å². The molecule has 4 unspecified atom stereocenters. The van der Waals surface area contributed by atoms with Crippen LogP contribution in [0.4, 0.5) is 0 Å². The van der Waals surface area contributed by atoms with Gasteiger partial charge in [0.05, 0.1) is 13.2 Å². The Morgan fingerprint density at radius 3 is 2.31 bits per heavy atom. The molecule has 5 rings (SSSR count). The highest BCUT2D eigenvalue weighted by Crippen LogP contribution is 2.68. The molecule has 4 saturated carbocycles. The molecule has 0 bridgehead atoms. The predicted octanol–water partition coefficient (Wildman–Crippen LogP) is 4.98. The van der Waals surface area contributed by atoms with Crippen LogP contribution in [0.15, 0.2) is 0 Å². The number of ketones is 1. The Kier molecular flexibility index (Phi) is 3.94. The minimum absolute atomic E-state index is 0.298. The van der Waals surface area contributed by atoms with Crippen LogP contribution in [0.1, 0.15) is 78.6 Å². The lowest BCUT2D eigenvalue weighted by Crippen LogP contribution is -2.54. The van der Waals surface area contributed by atoms with E-state index in [0.29, 0.717) is 22.5 Å². The molecule has 0 spiro atoms. The van der Waals surface area contributed by atoms with E-state index in [-0.39, 0.29) is 5.79 Å². The van der Waals surface area contributed by atoms with Gasteiger partial charge in [0.1, 0.15) is 5.78 Å². The van der Waals surface area contributed by atoms with Crippen LogP contribution in [0.5, 0.6) is 0 Å². The molecular weight excluding hydrogens is 324 g/mol. The molecule has 146 valence electrons. The van der Waals surface area contributed by atoms with E-state index in [1.807, 2.05) is 0 Å². The zero-order valence-corrected chi connectivity index (χ0v) is 16.9. The Morgan fingerprint density at radius 1 is 0.846 bits per heavy atom. The summed E-state index contributed by atoms with van der Waals surface area (Å²) in [6, 6.07) is 0. The first-order valence-electron chi connectivity index (χ1n) is 11.2. The van der Waals surface area contributed by atoms with Crippen molar-refractivity contribution in [2.75, 3.05) is 13.2 Å². The number of Topliss-reactive ketones (excluding diaryl/α,β-unsaturated/α-hetero) is 1. The average molecular weight is 361 g/mol. The predicted molar refractivity (Wildman–Crippen MR) is 101 cm³/mol. The largest absolute Gasteiger partial charge is 0.348 e. The summed E-state index contributed by atoms with van der Waals surface area (Å²) < 4.78 is 12.3. The fourth-order valence-corrected chi connectivity index (χ4v) is 8.66. The van der Waals surface area contributed by atoms with Crippen LogP contribution in [0, 0.1) is 40.4 Å². The summed E-state index contributed by atoms with van der Waals surface area (Å²) in [6.45, 7) is 8.70. The lowest BCUT2D eigenvalue weighted by Gasteiger charge is -2.59. The van der Waals surface area contributed by atoms with Crippen LogP contribution in [0.2, 0.25) is 0 Å². The van der Waals surface area contributed by atoms with E-state index in [0.717, 1.165) is 56.1 Å². The van der Waals surface area contributed by atoms with Gasteiger partial charge in [-0.15, -0.1) is 0 Å². The van der Waals surface area contributed by atoms with Crippen molar-refractivity contribution in [2.24, 2.45) is 40.4 Å². The minimum atomic E-state index is -0.350. The first-order chi connectivity index (χ1) is 12.4. The molecule has 0 amide bonds. The van der Waals surface area contributed by atoms with Gasteiger partial charge < -0.3 is 9.47 Å². The van der Waals surface area contributed by atoms with Gasteiger partial charge in [0, 0.05) is 18.8 Å². The van der Waals surface area contributed by atoms with Crippen molar-refractivity contribution in [3.63, 3.8) is 0 Å². The molecule has 5 aliphatic rings. The van der Waals surface area contributed by atoms with Gasteiger partial charge in [0.2, 0.25) is 0 Å². The van der Waals surface area contributed by atoms with Gasteiger partial charge in [-0.2, -0.15) is 0 Å². The van der Waals surface area contributed by atoms with Crippen molar-refractivity contribution in [2.45, 2.75) is 84.3 Å². The summed E-state index contributed by atoms with van der Waals surface area (Å²) in [5.74, 6) is 4.07. The third-order valence-electron chi connectivity index (χ3n) is 9.78. The molecule has 26 heavy (non-hydrogen) atoms. The topological polar surface area (TPSA) is 35.5 Å². The Hall–Kier alpha value is -0.410. The summed E-state index contributed by atoms with van der Waals surface area (Å²) in [6.07, 6.45) is 10.8. The summed E-state index contributed by atoms with van der Waals surface area (Å²) in [7, 11) is 0. The molecule has 0 aromatic rings. The summed E-state index contributed by atoms with van der Waals surface area (Å²) >= 11 is 0. The molecule has 4 aliphatic carbocycles. The standard InChI is InChI=1S/C23H36O3/c1-21-10-8-17-16(18(21)5-4-15(24)14-21)9-11-22(2)19(17)6-7-20(22)23(3)25-12-13-26-23/h16-20H,4-14H2,1-3H3/t16?,17?,18-,19?,20+,21?,22+/m1/s1. The fourth-order valence-electron chi connectivity index (χ4n) is 8.66. The van der Waals surface area contributed by atoms with Crippen LogP contribution in [-0.4, -0.2) is 24.8 Å². The maximum atomic E-state index is 12.1. The zero-order chi connectivity index (χ0) is 18.2. The van der Waals surface area contributed by atoms with Crippen LogP contribution in [0.25, 0.3) is 0 Å². The molecule has 7 atom stereocenters. The molecule has 3 nitrogen and oxygen atoms in total. The quantitative estimate of drug-likeness (QED) is 0.662. The van der Waals surface area contributed by atoms with Gasteiger partial charge in [-0.05, 0) is 86.4 Å². The van der Waals surface area contributed by atoms with Crippen molar-refractivity contribution >= 4 is 5.78 Å². The van der Waals surface area contributed by atoms with E-state index in [2.05, 4.69) is 20.8 Å². The van der Waals surface area contributed by atoms with Crippen molar-refractivity contribution in [1.29, 1.82) is 0 Å². The monoisotopic (exact) mass is 360 g/mol. The molecule has 0 N–H and O–H groups in total. The number of carbonyl (C=O) groups excluding carboxylic acids is 1. The molecule has 0 aromatic heterocycles. The van der Waals surface area contributed by atoms with Crippen LogP contribution < -0.4 is 0 Å². The number of rotatable bonds is 1. The maximum absolute atomic E-state index is 12.1.